The normalized spacial score (nSPS) is 27.1. The lowest BCUT2D eigenvalue weighted by Crippen LogP contribution is -2.56. The van der Waals surface area contributed by atoms with Crippen molar-refractivity contribution in [2.75, 3.05) is 26.0 Å². The Labute approximate surface area is 401 Å². The number of hydrogen-bond donors (Lipinski definition) is 9. The van der Waals surface area contributed by atoms with E-state index in [-0.39, 0.29) is 41.7 Å². The van der Waals surface area contributed by atoms with Gasteiger partial charge in [0.05, 0.1) is 5.25 Å². The summed E-state index contributed by atoms with van der Waals surface area (Å²) in [6.45, 7) is 0.727. The molecule has 2 fully saturated rings. The molecule has 17 heteroatoms. The van der Waals surface area contributed by atoms with Crippen molar-refractivity contribution in [1.29, 1.82) is 0 Å². The molecule has 6 aliphatic rings. The van der Waals surface area contributed by atoms with Gasteiger partial charge >= 0.3 is 17.9 Å². The standard InChI is InChI=1S/C51H66N6O10S/c1-52-29-55-51(66,49(64)65)21-14-38(58)56-37(45(59)57-46(60)47(61)62)28-68-44-43-40-34(11-3-2-6-18-50(44)19-7-8-20-50)26-35(25-30-15-22-53-23-16-30)39(41(40)48(63)67-43)42-36-27-33-10-5-4-9-31(33)12-13-32(36)17-24-54-42/h4-5,9-10,12-13,15-16,22-23,32,34,36-37,41-42,44,46,52,54-55,60,66H,2-3,6-8,11,14,17-21,24-29H2,1H3,(H,56,58)(H,57,59)(H,61,62)(H,64,65)/t32-,34-,36-,37-,41+,42-,44-,46-,51+/m0/s1. The molecule has 9 N–H and O–H groups in total. The molecule has 1 spiro atoms. The number of piperidine rings is 1. The summed E-state index contributed by atoms with van der Waals surface area (Å²) in [4.78, 5) is 70.6. The number of aliphatic hydroxyl groups is 2. The predicted octanol–water partition coefficient (Wildman–Crippen LogP) is 4.18. The van der Waals surface area contributed by atoms with Crippen molar-refractivity contribution >= 4 is 47.6 Å². The lowest BCUT2D eigenvalue weighted by Gasteiger charge is -2.44. The van der Waals surface area contributed by atoms with Gasteiger partial charge in [-0.3, -0.25) is 24.7 Å². The van der Waals surface area contributed by atoms with Gasteiger partial charge in [-0.1, -0.05) is 74.1 Å². The molecule has 8 rings (SSSR count). The summed E-state index contributed by atoms with van der Waals surface area (Å²) in [5.74, 6) is -4.86. The first-order valence-electron chi connectivity index (χ1n) is 24.3. The Morgan fingerprint density at radius 2 is 1.72 bits per heavy atom. The van der Waals surface area contributed by atoms with Gasteiger partial charge < -0.3 is 46.4 Å². The number of aliphatic hydroxyl groups excluding tert-OH is 1. The average molecular weight is 955 g/mol. The predicted molar refractivity (Wildman–Crippen MR) is 255 cm³/mol. The van der Waals surface area contributed by atoms with E-state index in [4.69, 9.17) is 4.74 Å². The van der Waals surface area contributed by atoms with Crippen molar-refractivity contribution in [2.24, 2.45) is 29.1 Å². The molecule has 68 heavy (non-hydrogen) atoms. The summed E-state index contributed by atoms with van der Waals surface area (Å²) in [5, 5.41) is 53.7. The summed E-state index contributed by atoms with van der Waals surface area (Å²) in [5.41, 5.74) is 4.26. The molecule has 16 nitrogen and oxygen atoms in total. The number of fused-ring (bicyclic) bond motifs is 2. The second-order valence-corrected chi connectivity index (χ2v) is 20.7. The molecule has 1 aromatic heterocycles. The number of carboxylic acid groups (broad SMARTS) is 2. The molecule has 0 radical (unpaired) electrons. The molecule has 3 heterocycles. The molecular formula is C51H66N6O10S. The van der Waals surface area contributed by atoms with Gasteiger partial charge in [-0.25, -0.2) is 9.59 Å². The molecule has 9 atom stereocenters. The zero-order valence-electron chi connectivity index (χ0n) is 38.7. The van der Waals surface area contributed by atoms with Crippen LogP contribution in [-0.2, 0) is 41.6 Å². The smallest absolute Gasteiger partial charge is 0.353 e. The van der Waals surface area contributed by atoms with Crippen molar-refractivity contribution in [3.8, 4) is 0 Å². The van der Waals surface area contributed by atoms with Gasteiger partial charge in [0, 0.05) is 43.7 Å². The van der Waals surface area contributed by atoms with Gasteiger partial charge in [-0.2, -0.15) is 0 Å². The number of thioether (sulfide) groups is 1. The average Bonchev–Trinajstić information content (AvgIpc) is 3.88. The van der Waals surface area contributed by atoms with Gasteiger partial charge in [0.25, 0.3) is 0 Å². The Bertz CT molecular complexity index is 2300. The number of carbonyl (C=O) groups excluding carboxylic acids is 3. The number of aromatic nitrogens is 1. The number of rotatable bonds is 17. The van der Waals surface area contributed by atoms with Crippen molar-refractivity contribution < 1.29 is 49.1 Å². The highest BCUT2D eigenvalue weighted by Gasteiger charge is 2.55. The Hall–Kier alpha value is -4.91. The lowest BCUT2D eigenvalue weighted by molar-refractivity contribution is -0.164. The first kappa shape index (κ1) is 49.5. The van der Waals surface area contributed by atoms with Gasteiger partial charge in [0.2, 0.25) is 23.8 Å². The first-order chi connectivity index (χ1) is 32.8. The van der Waals surface area contributed by atoms with Crippen LogP contribution in [0.15, 0.2) is 77.3 Å². The number of nitrogens with one attached hydrogen (secondary N) is 5. The largest absolute Gasteiger partial charge is 0.478 e. The van der Waals surface area contributed by atoms with Crippen LogP contribution in [0, 0.1) is 29.1 Å². The van der Waals surface area contributed by atoms with Crippen LogP contribution in [0.4, 0.5) is 0 Å². The fraction of sp³-hybridized carbons (Fsp3) is 0.569. The minimum Gasteiger partial charge on any atom is -0.478 e. The van der Waals surface area contributed by atoms with E-state index >= 15 is 4.79 Å². The SMILES string of the molecule is CNCN[C@@](O)(CCC(=O)N[C@@H](CS[C@H]1C2=C3[C@@H](CCCCCC14CCCC4)CC(Cc1ccncc1)=C([C@H]1NCC[C@@H]4C=Cc5ccccc5C[C@H]14)[C@H]3C(=O)O2)C(=O)N[C@@H](O)C(=O)O)C(=O)O. The quantitative estimate of drug-likeness (QED) is 0.0613. The van der Waals surface area contributed by atoms with Gasteiger partial charge in [-0.15, -0.1) is 11.8 Å². The number of aliphatic carboxylic acids is 2. The molecule has 4 aliphatic carbocycles. The summed E-state index contributed by atoms with van der Waals surface area (Å²) in [7, 11) is 1.55. The maximum absolute atomic E-state index is 15.2. The monoisotopic (exact) mass is 954 g/mol. The minimum atomic E-state index is -2.46. The van der Waals surface area contributed by atoms with E-state index in [1.165, 1.54) is 28.5 Å². The third-order valence-corrected chi connectivity index (χ3v) is 17.0. The van der Waals surface area contributed by atoms with Crippen LogP contribution in [0.5, 0.6) is 0 Å². The fourth-order valence-electron chi connectivity index (χ4n) is 12.0. The Kier molecular flexibility index (Phi) is 15.9. The topological polar surface area (TPSA) is 249 Å². The molecule has 1 aromatic carbocycles. The molecule has 0 bridgehead atoms. The molecule has 1 saturated carbocycles. The zero-order chi connectivity index (χ0) is 48.0. The van der Waals surface area contributed by atoms with Gasteiger partial charge in [0.1, 0.15) is 17.7 Å². The third-order valence-electron chi connectivity index (χ3n) is 15.4. The van der Waals surface area contributed by atoms with E-state index < -0.39 is 65.8 Å². The Morgan fingerprint density at radius 1 is 0.971 bits per heavy atom. The summed E-state index contributed by atoms with van der Waals surface area (Å²) in [6, 6.07) is 11.2. The number of benzene rings is 1. The van der Waals surface area contributed by atoms with Crippen molar-refractivity contribution in [1.82, 2.24) is 31.6 Å². The molecule has 1 saturated heterocycles. The number of amides is 2. The molecule has 2 aliphatic heterocycles. The van der Waals surface area contributed by atoms with E-state index in [2.05, 4.69) is 68.0 Å². The number of carboxylic acids is 2. The molecule has 366 valence electrons. The number of ether oxygens (including phenoxy) is 1. The second-order valence-electron chi connectivity index (χ2n) is 19.6. The lowest BCUT2D eigenvalue weighted by atomic mass is 9.63. The molecule has 0 unspecified atom stereocenters. The van der Waals surface area contributed by atoms with Crippen LogP contribution in [0.2, 0.25) is 0 Å². The van der Waals surface area contributed by atoms with Crippen molar-refractivity contribution in [2.45, 2.75) is 126 Å². The third kappa shape index (κ3) is 10.8. The fourth-order valence-corrected chi connectivity index (χ4v) is 13.7. The van der Waals surface area contributed by atoms with E-state index in [0.29, 0.717) is 18.1 Å². The highest BCUT2D eigenvalue weighted by Crippen LogP contribution is 2.58. The molecule has 2 aromatic rings. The van der Waals surface area contributed by atoms with Crippen LogP contribution in [0.3, 0.4) is 0 Å². The maximum Gasteiger partial charge on any atom is 0.353 e. The summed E-state index contributed by atoms with van der Waals surface area (Å²) < 4.78 is 6.78. The Balaban J connectivity index is 1.18. The van der Waals surface area contributed by atoms with E-state index in [0.717, 1.165) is 100 Å². The van der Waals surface area contributed by atoms with Crippen LogP contribution in [-0.4, -0.2) is 110 Å². The number of hydrogen-bond acceptors (Lipinski definition) is 13. The van der Waals surface area contributed by atoms with Gasteiger partial charge in [-0.05, 0) is 128 Å². The zero-order valence-corrected chi connectivity index (χ0v) is 39.5. The molecular weight excluding hydrogens is 889 g/mol. The van der Waals surface area contributed by atoms with Crippen molar-refractivity contribution in [3.05, 3.63) is 94.0 Å². The number of allylic oxidation sites excluding steroid dienone is 2. The van der Waals surface area contributed by atoms with Crippen LogP contribution in [0.1, 0.15) is 100 Å². The van der Waals surface area contributed by atoms with Crippen LogP contribution >= 0.6 is 11.8 Å². The maximum atomic E-state index is 15.2. The Morgan fingerprint density at radius 3 is 2.46 bits per heavy atom. The van der Waals surface area contributed by atoms with Crippen LogP contribution in [0.25, 0.3) is 6.08 Å². The highest BCUT2D eigenvalue weighted by molar-refractivity contribution is 8.00. The number of pyridine rings is 1. The number of nitrogens with zero attached hydrogens (tertiary/aromatic N) is 1. The van der Waals surface area contributed by atoms with Gasteiger partial charge in [0.15, 0.2) is 0 Å². The number of esters is 1. The van der Waals surface area contributed by atoms with E-state index in [9.17, 15) is 39.6 Å². The minimum absolute atomic E-state index is 0.0184. The van der Waals surface area contributed by atoms with Crippen LogP contribution < -0.4 is 26.6 Å². The number of carbonyl (C=O) groups is 5. The summed E-state index contributed by atoms with van der Waals surface area (Å²) in [6.07, 6.45) is 16.7. The molecule has 2 amide bonds. The van der Waals surface area contributed by atoms with E-state index in [1.807, 2.05) is 24.5 Å². The van der Waals surface area contributed by atoms with E-state index in [1.54, 1.807) is 7.05 Å². The highest BCUT2D eigenvalue weighted by atomic mass is 32.2. The van der Waals surface area contributed by atoms with Crippen molar-refractivity contribution in [3.63, 3.8) is 0 Å². The first-order valence-corrected chi connectivity index (χ1v) is 25.4. The second kappa shape index (κ2) is 21.8. The summed E-state index contributed by atoms with van der Waals surface area (Å²) >= 11 is 1.40.